The second-order valence-electron chi connectivity index (χ2n) is 11.8. The van der Waals surface area contributed by atoms with E-state index in [1.54, 1.807) is 6.92 Å². The zero-order valence-electron chi connectivity index (χ0n) is 24.3. The summed E-state index contributed by atoms with van der Waals surface area (Å²) in [7, 11) is -0.316. The zero-order chi connectivity index (χ0) is 28.8. The van der Waals surface area contributed by atoms with Crippen molar-refractivity contribution in [3.8, 4) is 5.75 Å². The number of carbonyl (C=O) groups excluding carboxylic acids is 2. The Morgan fingerprint density at radius 2 is 1.13 bits per heavy atom. The van der Waals surface area contributed by atoms with Gasteiger partial charge in [-0.25, -0.2) is 4.79 Å². The quantitative estimate of drug-likeness (QED) is 0.0894. The van der Waals surface area contributed by atoms with E-state index in [9.17, 15) is 9.59 Å². The number of esters is 2. The molecular weight excluding hydrogens is 504 g/mol. The number of hydrogen-bond donors (Lipinski definition) is 0. The third kappa shape index (κ3) is 8.59. The van der Waals surface area contributed by atoms with E-state index < -0.39 is 5.97 Å². The summed E-state index contributed by atoms with van der Waals surface area (Å²) >= 11 is 0. The molecule has 0 radical (unpaired) electrons. The average Bonchev–Trinajstić information content (AvgIpc) is 2.87. The van der Waals surface area contributed by atoms with Crippen LogP contribution in [0.4, 0.5) is 0 Å². The van der Waals surface area contributed by atoms with Crippen LogP contribution in [0.15, 0.2) is 99.6 Å². The van der Waals surface area contributed by atoms with Crippen LogP contribution in [-0.2, 0) is 36.1 Å². The van der Waals surface area contributed by atoms with Crippen molar-refractivity contribution in [3.63, 3.8) is 0 Å². The maximum Gasteiger partial charge on any atom is 0.333 e. The first-order valence-electron chi connectivity index (χ1n) is 13.3. The summed E-state index contributed by atoms with van der Waals surface area (Å²) in [6.07, 6.45) is 0.560. The Balaban J connectivity index is 1.79. The van der Waals surface area contributed by atoms with Gasteiger partial charge in [-0.1, -0.05) is 72.4 Å². The van der Waals surface area contributed by atoms with Gasteiger partial charge in [-0.05, 0) is 83.8 Å². The molecule has 0 saturated heterocycles. The highest BCUT2D eigenvalue weighted by molar-refractivity contribution is 7.97. The molecule has 0 bridgehead atoms. The molecule has 0 unspecified atom stereocenters. The van der Waals surface area contributed by atoms with Crippen LogP contribution in [0.25, 0.3) is 0 Å². The van der Waals surface area contributed by atoms with Crippen LogP contribution in [-0.4, -0.2) is 18.5 Å². The number of benzene rings is 3. The van der Waals surface area contributed by atoms with Gasteiger partial charge < -0.3 is 9.47 Å². The normalized spacial score (nSPS) is 11.8. The maximum absolute atomic E-state index is 12.3. The molecule has 3 aromatic rings. The van der Waals surface area contributed by atoms with Gasteiger partial charge in [0.1, 0.15) is 5.75 Å². The van der Waals surface area contributed by atoms with Crippen molar-refractivity contribution >= 4 is 22.8 Å². The van der Waals surface area contributed by atoms with Crippen LogP contribution in [0.3, 0.4) is 0 Å². The fourth-order valence-electron chi connectivity index (χ4n) is 3.92. The molecule has 0 N–H and O–H groups in total. The molecule has 0 heterocycles. The molecule has 206 valence electrons. The molecule has 3 aromatic carbocycles. The summed E-state index contributed by atoms with van der Waals surface area (Å²) in [6.45, 7) is 18.6. The summed E-state index contributed by atoms with van der Waals surface area (Å²) < 4.78 is 10.6. The maximum atomic E-state index is 12.3. The van der Waals surface area contributed by atoms with Crippen LogP contribution in [0.1, 0.15) is 72.4 Å². The lowest BCUT2D eigenvalue weighted by molar-refractivity contribution is -0.141. The Morgan fingerprint density at radius 3 is 1.51 bits per heavy atom. The molecule has 0 saturated carbocycles. The summed E-state index contributed by atoms with van der Waals surface area (Å²) in [5.74, 6) is -0.309. The average molecular weight is 546 g/mol. The lowest BCUT2D eigenvalue weighted by atomic mass is 9.87. The molecule has 5 heteroatoms. The van der Waals surface area contributed by atoms with Crippen LogP contribution in [0.5, 0.6) is 5.75 Å². The van der Waals surface area contributed by atoms with Crippen molar-refractivity contribution in [2.45, 2.75) is 86.8 Å². The van der Waals surface area contributed by atoms with Crippen LogP contribution in [0, 0.1) is 0 Å². The van der Waals surface area contributed by atoms with Crippen molar-refractivity contribution in [3.05, 3.63) is 96.1 Å². The smallest absolute Gasteiger partial charge is 0.333 e. The molecule has 0 amide bonds. The molecule has 0 aliphatic rings. The Bertz CT molecular complexity index is 1220. The highest BCUT2D eigenvalue weighted by Crippen LogP contribution is 2.35. The molecule has 0 aliphatic heterocycles. The first-order valence-corrected chi connectivity index (χ1v) is 14.6. The molecule has 3 rings (SSSR count). The van der Waals surface area contributed by atoms with Crippen molar-refractivity contribution in [1.29, 1.82) is 0 Å². The summed E-state index contributed by atoms with van der Waals surface area (Å²) in [5, 5.41) is 0. The molecule has 0 aromatic heterocycles. The fraction of sp³-hybridized carbons (Fsp3) is 0.353. The van der Waals surface area contributed by atoms with Gasteiger partial charge in [0, 0.05) is 12.0 Å². The molecule has 0 atom stereocenters. The Morgan fingerprint density at radius 1 is 0.718 bits per heavy atom. The number of rotatable bonds is 9. The van der Waals surface area contributed by atoms with E-state index in [1.807, 2.05) is 24.3 Å². The second-order valence-corrected chi connectivity index (χ2v) is 13.8. The summed E-state index contributed by atoms with van der Waals surface area (Å²) in [4.78, 5) is 27.4. The number of hydrogen-bond acceptors (Lipinski definition) is 4. The lowest BCUT2D eigenvalue weighted by Gasteiger charge is -2.20. The minimum atomic E-state index is -0.449. The SMILES string of the molecule is C=C(C)C(=O)OCCCC(=O)Oc1ccc([S+](c2ccc(C(C)(C)C)cc2)c2ccc(C(C)(C)C)cc2)cc1. The van der Waals surface area contributed by atoms with Crippen molar-refractivity contribution in [2.24, 2.45) is 0 Å². The molecule has 39 heavy (non-hydrogen) atoms. The first kappa shape index (κ1) is 30.2. The fourth-order valence-corrected chi connectivity index (χ4v) is 5.96. The molecular formula is C34H41O4S+. The van der Waals surface area contributed by atoms with Gasteiger partial charge in [0.15, 0.2) is 14.7 Å². The van der Waals surface area contributed by atoms with Crippen molar-refractivity contribution in [1.82, 2.24) is 0 Å². The van der Waals surface area contributed by atoms with E-state index in [1.165, 1.54) is 20.9 Å². The minimum Gasteiger partial charge on any atom is -0.462 e. The monoisotopic (exact) mass is 545 g/mol. The van der Waals surface area contributed by atoms with E-state index in [0.717, 1.165) is 4.90 Å². The summed E-state index contributed by atoms with van der Waals surface area (Å²) in [5.41, 5.74) is 3.11. The van der Waals surface area contributed by atoms with Gasteiger partial charge in [-0.15, -0.1) is 0 Å². The van der Waals surface area contributed by atoms with E-state index in [0.29, 0.717) is 17.7 Å². The standard InChI is InChI=1S/C34H41O4S/c1-24(2)32(36)37-23-9-10-31(35)38-27-15-21-30(22-16-27)39(28-17-11-25(12-18-28)33(3,4)5)29-19-13-26(14-20-29)34(6,7)8/h11-22H,1,9-10,23H2,2-8H3/q+1. The van der Waals surface area contributed by atoms with E-state index in [4.69, 9.17) is 9.47 Å². The van der Waals surface area contributed by atoms with Gasteiger partial charge >= 0.3 is 11.9 Å². The van der Waals surface area contributed by atoms with E-state index >= 15 is 0 Å². The minimum absolute atomic E-state index is 0.0866. The van der Waals surface area contributed by atoms with Crippen molar-refractivity contribution in [2.75, 3.05) is 6.61 Å². The lowest BCUT2D eigenvalue weighted by Crippen LogP contribution is -2.13. The van der Waals surface area contributed by atoms with E-state index in [-0.39, 0.29) is 40.7 Å². The third-order valence-electron chi connectivity index (χ3n) is 6.31. The first-order chi connectivity index (χ1) is 18.3. The summed E-state index contributed by atoms with van der Waals surface area (Å²) in [6, 6.07) is 25.6. The molecule has 4 nitrogen and oxygen atoms in total. The van der Waals surface area contributed by atoms with Gasteiger partial charge in [-0.2, -0.15) is 0 Å². The van der Waals surface area contributed by atoms with Crippen LogP contribution >= 0.6 is 0 Å². The van der Waals surface area contributed by atoms with Gasteiger partial charge in [0.2, 0.25) is 0 Å². The zero-order valence-corrected chi connectivity index (χ0v) is 25.1. The highest BCUT2D eigenvalue weighted by Gasteiger charge is 2.30. The van der Waals surface area contributed by atoms with Gasteiger partial charge in [0.05, 0.1) is 17.5 Å². The van der Waals surface area contributed by atoms with Crippen LogP contribution in [0.2, 0.25) is 0 Å². The van der Waals surface area contributed by atoms with Crippen LogP contribution < -0.4 is 4.74 Å². The highest BCUT2D eigenvalue weighted by atomic mass is 32.2. The van der Waals surface area contributed by atoms with E-state index in [2.05, 4.69) is 96.7 Å². The predicted octanol–water partition coefficient (Wildman–Crippen LogP) is 8.18. The Labute approximate surface area is 236 Å². The third-order valence-corrected chi connectivity index (χ3v) is 8.54. The number of ether oxygens (including phenoxy) is 2. The molecule has 0 fully saturated rings. The Hall–Kier alpha value is -3.31. The largest absolute Gasteiger partial charge is 0.462 e. The van der Waals surface area contributed by atoms with Gasteiger partial charge in [-0.3, -0.25) is 4.79 Å². The van der Waals surface area contributed by atoms with Crippen molar-refractivity contribution < 1.29 is 19.1 Å². The topological polar surface area (TPSA) is 52.6 Å². The number of carbonyl (C=O) groups is 2. The molecule has 0 spiro atoms. The van der Waals surface area contributed by atoms with Gasteiger partial charge in [0.25, 0.3) is 0 Å². The molecule has 0 aliphatic carbocycles. The predicted molar refractivity (Wildman–Crippen MR) is 160 cm³/mol. The Kier molecular flexibility index (Phi) is 9.84. The second kappa shape index (κ2) is 12.7.